The number of hydrogen-bond acceptors (Lipinski definition) is 6. The Labute approximate surface area is 157 Å². The molecule has 0 aromatic heterocycles. The third-order valence-corrected chi connectivity index (χ3v) is 4.63. The van der Waals surface area contributed by atoms with Crippen molar-refractivity contribution in [3.8, 4) is 11.5 Å². The van der Waals surface area contributed by atoms with Crippen molar-refractivity contribution in [3.05, 3.63) is 59.7 Å². The van der Waals surface area contributed by atoms with Gasteiger partial charge in [0.1, 0.15) is 11.5 Å². The summed E-state index contributed by atoms with van der Waals surface area (Å²) in [7, 11) is 5.67. The van der Waals surface area contributed by atoms with E-state index < -0.39 is 17.4 Å². The molecule has 0 spiro atoms. The summed E-state index contributed by atoms with van der Waals surface area (Å²) in [6, 6.07) is 13.8. The molecule has 0 saturated heterocycles. The van der Waals surface area contributed by atoms with Crippen LogP contribution in [0.2, 0.25) is 0 Å². The highest BCUT2D eigenvalue weighted by Crippen LogP contribution is 2.42. The van der Waals surface area contributed by atoms with Crippen LogP contribution in [0.4, 0.5) is 0 Å². The summed E-state index contributed by atoms with van der Waals surface area (Å²) in [6.45, 7) is 0. The third kappa shape index (κ3) is 2.93. The molecule has 1 aliphatic rings. The Morgan fingerprint density at radius 3 is 1.19 bits per heavy atom. The molecule has 0 unspecified atom stereocenters. The van der Waals surface area contributed by atoms with Gasteiger partial charge in [0.25, 0.3) is 5.79 Å². The van der Waals surface area contributed by atoms with Gasteiger partial charge in [-0.15, -0.1) is 0 Å². The largest absolute Gasteiger partial charge is 0.497 e. The molecule has 140 valence electrons. The number of ketones is 2. The maximum Gasteiger partial charge on any atom is 0.299 e. The maximum atomic E-state index is 13.2. The van der Waals surface area contributed by atoms with Crippen LogP contribution in [0.1, 0.15) is 11.1 Å². The standard InChI is InChI=1S/C21H20O6/c1-24-15-9-5-13(6-10-15)17-18(14-7-11-16(25-2)12-8-14)20(23)21(26-3,27-4)19(17)22/h5-12H,1-4H3. The topological polar surface area (TPSA) is 71.1 Å². The first-order valence-corrected chi connectivity index (χ1v) is 8.25. The zero-order valence-corrected chi connectivity index (χ0v) is 15.6. The van der Waals surface area contributed by atoms with Crippen LogP contribution in [0, 0.1) is 0 Å². The molecule has 0 fully saturated rings. The first-order valence-electron chi connectivity index (χ1n) is 8.25. The first kappa shape index (κ1) is 18.8. The molecule has 6 nitrogen and oxygen atoms in total. The molecule has 0 radical (unpaired) electrons. The molecule has 0 atom stereocenters. The smallest absolute Gasteiger partial charge is 0.299 e. The van der Waals surface area contributed by atoms with E-state index in [0.29, 0.717) is 22.6 Å². The van der Waals surface area contributed by atoms with E-state index >= 15 is 0 Å². The quantitative estimate of drug-likeness (QED) is 0.577. The monoisotopic (exact) mass is 368 g/mol. The van der Waals surface area contributed by atoms with E-state index in [0.717, 1.165) is 0 Å². The second-order valence-corrected chi connectivity index (χ2v) is 5.89. The van der Waals surface area contributed by atoms with E-state index in [9.17, 15) is 9.59 Å². The van der Waals surface area contributed by atoms with E-state index in [1.165, 1.54) is 14.2 Å². The van der Waals surface area contributed by atoms with Crippen LogP contribution in [0.15, 0.2) is 48.5 Å². The van der Waals surface area contributed by atoms with Crippen molar-refractivity contribution in [2.45, 2.75) is 5.79 Å². The number of hydrogen-bond donors (Lipinski definition) is 0. The van der Waals surface area contributed by atoms with Crippen molar-refractivity contribution < 1.29 is 28.5 Å². The summed E-state index contributed by atoms with van der Waals surface area (Å²) < 4.78 is 20.8. The van der Waals surface area contributed by atoms with Crippen LogP contribution in [-0.2, 0) is 19.1 Å². The van der Waals surface area contributed by atoms with Crippen LogP contribution in [0.5, 0.6) is 11.5 Å². The van der Waals surface area contributed by atoms with Crippen molar-refractivity contribution >= 4 is 22.7 Å². The Balaban J connectivity index is 2.22. The lowest BCUT2D eigenvalue weighted by molar-refractivity contribution is -0.197. The summed E-state index contributed by atoms with van der Waals surface area (Å²) in [4.78, 5) is 26.4. The fraction of sp³-hybridized carbons (Fsp3) is 0.238. The van der Waals surface area contributed by atoms with Crippen molar-refractivity contribution in [2.75, 3.05) is 28.4 Å². The molecule has 2 aromatic rings. The number of carbonyl (C=O) groups is 2. The number of ether oxygens (including phenoxy) is 4. The van der Waals surface area contributed by atoms with Gasteiger partial charge in [-0.05, 0) is 35.4 Å². The summed E-state index contributed by atoms with van der Waals surface area (Å²) in [5.74, 6) is -1.76. The van der Waals surface area contributed by atoms with E-state index in [1.54, 1.807) is 62.8 Å². The minimum absolute atomic E-state index is 0.247. The number of Topliss-reactive ketones (excluding diaryl/α,β-unsaturated/α-hetero) is 2. The molecule has 1 aliphatic carbocycles. The maximum absolute atomic E-state index is 13.2. The Kier molecular flexibility index (Phi) is 5.12. The highest BCUT2D eigenvalue weighted by Gasteiger charge is 2.56. The van der Waals surface area contributed by atoms with Gasteiger partial charge in [0.2, 0.25) is 11.6 Å². The molecular weight excluding hydrogens is 348 g/mol. The normalized spacial score (nSPS) is 16.0. The Bertz CT molecular complexity index is 818. The second-order valence-electron chi connectivity index (χ2n) is 5.89. The van der Waals surface area contributed by atoms with Crippen LogP contribution < -0.4 is 9.47 Å². The average molecular weight is 368 g/mol. The lowest BCUT2D eigenvalue weighted by Crippen LogP contribution is -2.46. The zero-order chi connectivity index (χ0) is 19.6. The highest BCUT2D eigenvalue weighted by atomic mass is 16.7. The van der Waals surface area contributed by atoms with E-state index in [1.807, 2.05) is 0 Å². The van der Waals surface area contributed by atoms with E-state index in [-0.39, 0.29) is 11.1 Å². The van der Waals surface area contributed by atoms with Crippen LogP contribution in [0.25, 0.3) is 11.1 Å². The summed E-state index contributed by atoms with van der Waals surface area (Å²) in [5.41, 5.74) is 1.65. The van der Waals surface area contributed by atoms with Crippen molar-refractivity contribution in [1.29, 1.82) is 0 Å². The number of rotatable bonds is 6. The van der Waals surface area contributed by atoms with Crippen molar-refractivity contribution in [2.24, 2.45) is 0 Å². The fourth-order valence-corrected chi connectivity index (χ4v) is 3.18. The van der Waals surface area contributed by atoms with E-state index in [4.69, 9.17) is 18.9 Å². The predicted octanol–water partition coefficient (Wildman–Crippen LogP) is 2.76. The Morgan fingerprint density at radius 2 is 0.926 bits per heavy atom. The summed E-state index contributed by atoms with van der Waals surface area (Å²) in [5, 5.41) is 0. The van der Waals surface area contributed by atoms with Gasteiger partial charge in [0, 0.05) is 25.4 Å². The van der Waals surface area contributed by atoms with E-state index in [2.05, 4.69) is 0 Å². The van der Waals surface area contributed by atoms with Gasteiger partial charge in [-0.25, -0.2) is 0 Å². The minimum atomic E-state index is -1.98. The molecule has 6 heteroatoms. The summed E-state index contributed by atoms with van der Waals surface area (Å²) >= 11 is 0. The number of carbonyl (C=O) groups excluding carboxylic acids is 2. The number of benzene rings is 2. The molecule has 0 bridgehead atoms. The van der Waals surface area contributed by atoms with Gasteiger partial charge in [-0.1, -0.05) is 24.3 Å². The molecule has 0 heterocycles. The van der Waals surface area contributed by atoms with Gasteiger partial charge in [0.05, 0.1) is 14.2 Å². The first-order chi connectivity index (χ1) is 13.0. The zero-order valence-electron chi connectivity index (χ0n) is 15.6. The molecular formula is C21H20O6. The minimum Gasteiger partial charge on any atom is -0.497 e. The van der Waals surface area contributed by atoms with Crippen LogP contribution in [-0.4, -0.2) is 45.8 Å². The van der Waals surface area contributed by atoms with Gasteiger partial charge in [0.15, 0.2) is 0 Å². The van der Waals surface area contributed by atoms with Gasteiger partial charge < -0.3 is 18.9 Å². The molecule has 2 aromatic carbocycles. The van der Waals surface area contributed by atoms with Gasteiger partial charge in [-0.2, -0.15) is 0 Å². The molecule has 3 rings (SSSR count). The average Bonchev–Trinajstić information content (AvgIpc) is 2.95. The van der Waals surface area contributed by atoms with Crippen molar-refractivity contribution in [3.63, 3.8) is 0 Å². The van der Waals surface area contributed by atoms with Crippen LogP contribution in [0.3, 0.4) is 0 Å². The van der Waals surface area contributed by atoms with Gasteiger partial charge >= 0.3 is 0 Å². The number of methoxy groups -OCH3 is 4. The Morgan fingerprint density at radius 1 is 0.593 bits per heavy atom. The lowest BCUT2D eigenvalue weighted by atomic mass is 9.96. The SMILES string of the molecule is COc1ccc(C2=C(c3ccc(OC)cc3)C(=O)C(OC)(OC)C2=O)cc1. The Hall–Kier alpha value is -2.96. The van der Waals surface area contributed by atoms with Gasteiger partial charge in [-0.3, -0.25) is 9.59 Å². The molecule has 27 heavy (non-hydrogen) atoms. The molecule has 0 aliphatic heterocycles. The molecule has 0 N–H and O–H groups in total. The fourth-order valence-electron chi connectivity index (χ4n) is 3.18. The van der Waals surface area contributed by atoms with Crippen molar-refractivity contribution in [1.82, 2.24) is 0 Å². The molecule has 0 amide bonds. The third-order valence-electron chi connectivity index (χ3n) is 4.63. The molecule has 0 saturated carbocycles. The summed E-state index contributed by atoms with van der Waals surface area (Å²) in [6.07, 6.45) is 0. The highest BCUT2D eigenvalue weighted by molar-refractivity contribution is 6.55. The second kappa shape index (κ2) is 7.34. The predicted molar refractivity (Wildman–Crippen MR) is 99.6 cm³/mol. The van der Waals surface area contributed by atoms with Crippen LogP contribution >= 0.6 is 0 Å². The lowest BCUT2D eigenvalue weighted by Gasteiger charge is -2.22.